The number of alkyl halides is 5. The van der Waals surface area contributed by atoms with E-state index in [1.54, 1.807) is 0 Å². The first-order chi connectivity index (χ1) is 4.31. The zero-order chi connectivity index (χ0) is 8.41. The van der Waals surface area contributed by atoms with Gasteiger partial charge in [0, 0.05) is 0 Å². The van der Waals surface area contributed by atoms with Crippen LogP contribution >= 0.6 is 0 Å². The largest absolute Gasteiger partial charge is 0.459 e. The van der Waals surface area contributed by atoms with Crippen molar-refractivity contribution < 1.29 is 22.0 Å². The van der Waals surface area contributed by atoms with Gasteiger partial charge in [0.2, 0.25) is 0 Å². The number of halogens is 5. The molecule has 0 saturated heterocycles. The second-order valence-electron chi connectivity index (χ2n) is 1.40. The van der Waals surface area contributed by atoms with Crippen molar-refractivity contribution in [1.29, 1.82) is 0 Å². The van der Waals surface area contributed by atoms with Gasteiger partial charge in [-0.15, -0.1) is 0 Å². The Morgan fingerprint density at radius 2 is 1.50 bits per heavy atom. The van der Waals surface area contributed by atoms with Crippen molar-refractivity contribution in [3.63, 3.8) is 0 Å². The number of nitrogens with zero attached hydrogens (tertiary/aromatic N) is 1. The molecule has 0 aliphatic rings. The van der Waals surface area contributed by atoms with Crippen LogP contribution in [0, 0.1) is 0 Å². The molecule has 0 aromatic heterocycles. The van der Waals surface area contributed by atoms with Crippen molar-refractivity contribution in [3.05, 3.63) is 0 Å². The van der Waals surface area contributed by atoms with Gasteiger partial charge in [-0.2, -0.15) is 27.1 Å². The van der Waals surface area contributed by atoms with Gasteiger partial charge in [-0.05, 0) is 0 Å². The van der Waals surface area contributed by atoms with Gasteiger partial charge in [-0.25, -0.2) is 0 Å². The standard InChI is InChI=1S/C3H3F5N2/c4-2(5,1-10-9)3(6,7)8/h1H,9H2. The molecule has 0 atom stereocenters. The van der Waals surface area contributed by atoms with Gasteiger partial charge < -0.3 is 5.84 Å². The molecule has 0 aromatic rings. The molecule has 0 heterocycles. The predicted molar refractivity (Wildman–Crippen MR) is 23.7 cm³/mol. The van der Waals surface area contributed by atoms with Crippen LogP contribution in [0.25, 0.3) is 0 Å². The molecule has 0 aliphatic heterocycles. The highest BCUT2D eigenvalue weighted by molar-refractivity contribution is 5.67. The summed E-state index contributed by atoms with van der Waals surface area (Å²) in [4.78, 5) is 0. The molecule has 0 aliphatic carbocycles. The van der Waals surface area contributed by atoms with E-state index in [-0.39, 0.29) is 0 Å². The van der Waals surface area contributed by atoms with E-state index in [2.05, 4.69) is 10.9 Å². The molecule has 7 heteroatoms. The van der Waals surface area contributed by atoms with E-state index in [1.807, 2.05) is 0 Å². The highest BCUT2D eigenvalue weighted by Gasteiger charge is 2.56. The van der Waals surface area contributed by atoms with Crippen LogP contribution in [0.1, 0.15) is 0 Å². The average molecular weight is 162 g/mol. The monoisotopic (exact) mass is 162 g/mol. The highest BCUT2D eigenvalue weighted by Crippen LogP contribution is 2.33. The van der Waals surface area contributed by atoms with Gasteiger partial charge in [0.05, 0.1) is 0 Å². The number of hydrogen-bond donors (Lipinski definition) is 1. The smallest absolute Gasteiger partial charge is 0.323 e. The molecule has 0 spiro atoms. The van der Waals surface area contributed by atoms with Crippen LogP contribution in [0.15, 0.2) is 5.10 Å². The van der Waals surface area contributed by atoms with Crippen LogP contribution in [-0.4, -0.2) is 18.3 Å². The maximum Gasteiger partial charge on any atom is 0.459 e. The first-order valence-corrected chi connectivity index (χ1v) is 2.00. The van der Waals surface area contributed by atoms with Gasteiger partial charge in [0.25, 0.3) is 0 Å². The maximum atomic E-state index is 11.6. The van der Waals surface area contributed by atoms with Crippen LogP contribution in [0.4, 0.5) is 22.0 Å². The maximum absolute atomic E-state index is 11.6. The Labute approximate surface area is 52.5 Å². The molecule has 0 fully saturated rings. The Morgan fingerprint density at radius 1 is 1.10 bits per heavy atom. The van der Waals surface area contributed by atoms with Crippen LogP contribution < -0.4 is 5.84 Å². The van der Waals surface area contributed by atoms with E-state index >= 15 is 0 Å². The van der Waals surface area contributed by atoms with Crippen LogP contribution in [0.2, 0.25) is 0 Å². The number of hydrazone groups is 1. The molecule has 0 rings (SSSR count). The Morgan fingerprint density at radius 3 is 1.60 bits per heavy atom. The topological polar surface area (TPSA) is 38.4 Å². The fourth-order valence-electron chi connectivity index (χ4n) is 0.167. The van der Waals surface area contributed by atoms with Gasteiger partial charge in [-0.1, -0.05) is 0 Å². The third-order valence-electron chi connectivity index (χ3n) is 0.615. The third kappa shape index (κ3) is 1.82. The minimum Gasteiger partial charge on any atom is -0.323 e. The first kappa shape index (κ1) is 9.12. The van der Waals surface area contributed by atoms with Crippen LogP contribution in [-0.2, 0) is 0 Å². The molecule has 0 unspecified atom stereocenters. The molecular weight excluding hydrogens is 159 g/mol. The van der Waals surface area contributed by atoms with Crippen molar-refractivity contribution in [2.24, 2.45) is 10.9 Å². The molecule has 0 amide bonds. The summed E-state index contributed by atoms with van der Waals surface area (Å²) in [5, 5.41) is 2.08. The van der Waals surface area contributed by atoms with Gasteiger partial charge in [0.15, 0.2) is 0 Å². The molecule has 0 saturated carbocycles. The number of nitrogens with two attached hydrogens (primary N) is 1. The van der Waals surface area contributed by atoms with Crippen molar-refractivity contribution in [3.8, 4) is 0 Å². The molecule has 10 heavy (non-hydrogen) atoms. The average Bonchev–Trinajstić information content (AvgIpc) is 1.61. The second kappa shape index (κ2) is 2.39. The quantitative estimate of drug-likeness (QED) is 0.267. The zero-order valence-corrected chi connectivity index (χ0v) is 4.49. The van der Waals surface area contributed by atoms with Gasteiger partial charge in [-0.3, -0.25) is 0 Å². The first-order valence-electron chi connectivity index (χ1n) is 2.00. The highest BCUT2D eigenvalue weighted by atomic mass is 19.4. The van der Waals surface area contributed by atoms with E-state index in [4.69, 9.17) is 0 Å². The second-order valence-corrected chi connectivity index (χ2v) is 1.40. The van der Waals surface area contributed by atoms with Crippen LogP contribution in [0.5, 0.6) is 0 Å². The van der Waals surface area contributed by atoms with E-state index in [0.717, 1.165) is 0 Å². The minimum atomic E-state index is -5.62. The summed E-state index contributed by atoms with van der Waals surface area (Å²) in [5.74, 6) is -0.828. The van der Waals surface area contributed by atoms with Gasteiger partial charge >= 0.3 is 12.1 Å². The van der Waals surface area contributed by atoms with E-state index in [0.29, 0.717) is 0 Å². The predicted octanol–water partition coefficient (Wildman–Crippen LogP) is 1.13. The summed E-state index contributed by atoms with van der Waals surface area (Å²) in [6.45, 7) is 0. The Kier molecular flexibility index (Phi) is 2.18. The summed E-state index contributed by atoms with van der Waals surface area (Å²) in [6, 6.07) is 0. The number of hydrogen-bond acceptors (Lipinski definition) is 2. The lowest BCUT2D eigenvalue weighted by molar-refractivity contribution is -0.247. The lowest BCUT2D eigenvalue weighted by atomic mass is 10.4. The molecular formula is C3H3F5N2. The molecule has 0 aromatic carbocycles. The normalized spacial score (nSPS) is 14.5. The fraction of sp³-hybridized carbons (Fsp3) is 0.667. The Balaban J connectivity index is 4.40. The van der Waals surface area contributed by atoms with Crippen molar-refractivity contribution in [2.75, 3.05) is 0 Å². The van der Waals surface area contributed by atoms with Crippen molar-refractivity contribution >= 4 is 6.21 Å². The SMILES string of the molecule is NN=CC(F)(F)C(F)(F)F. The van der Waals surface area contributed by atoms with E-state index in [9.17, 15) is 22.0 Å². The molecule has 0 radical (unpaired) electrons. The minimum absolute atomic E-state index is 0.660. The molecule has 2 nitrogen and oxygen atoms in total. The molecule has 2 N–H and O–H groups in total. The Bertz CT molecular complexity index is 136. The summed E-state index contributed by atoms with van der Waals surface area (Å²) >= 11 is 0. The van der Waals surface area contributed by atoms with Crippen molar-refractivity contribution in [1.82, 2.24) is 0 Å². The van der Waals surface area contributed by atoms with Crippen molar-refractivity contribution in [2.45, 2.75) is 12.1 Å². The zero-order valence-electron chi connectivity index (χ0n) is 4.49. The Hall–Kier alpha value is -0.880. The summed E-state index contributed by atoms with van der Waals surface area (Å²) in [5.41, 5.74) is 0. The van der Waals surface area contributed by atoms with E-state index < -0.39 is 18.3 Å². The fourth-order valence-corrected chi connectivity index (χ4v) is 0.167. The summed E-state index contributed by atoms with van der Waals surface area (Å²) in [6.07, 6.45) is -6.27. The lowest BCUT2D eigenvalue weighted by Gasteiger charge is -2.13. The summed E-state index contributed by atoms with van der Waals surface area (Å²) in [7, 11) is 0. The number of rotatable bonds is 1. The molecule has 0 bridgehead atoms. The third-order valence-corrected chi connectivity index (χ3v) is 0.615. The van der Waals surface area contributed by atoms with Crippen LogP contribution in [0.3, 0.4) is 0 Å². The van der Waals surface area contributed by atoms with Gasteiger partial charge in [0.1, 0.15) is 6.21 Å². The molecule has 60 valence electrons. The van der Waals surface area contributed by atoms with E-state index in [1.165, 1.54) is 0 Å². The summed E-state index contributed by atoms with van der Waals surface area (Å²) < 4.78 is 56.5. The lowest BCUT2D eigenvalue weighted by Crippen LogP contribution is -2.38.